The van der Waals surface area contributed by atoms with Crippen molar-refractivity contribution < 1.29 is 4.79 Å². The Morgan fingerprint density at radius 1 is 1.50 bits per heavy atom. The van der Waals surface area contributed by atoms with Crippen molar-refractivity contribution in [2.24, 2.45) is 0 Å². The Morgan fingerprint density at radius 2 is 2.10 bits per heavy atom. The Bertz CT molecular complexity index is 506. The monoisotopic (exact) mass is 295 g/mol. The van der Waals surface area contributed by atoms with Gasteiger partial charge in [0.2, 0.25) is 0 Å². The van der Waals surface area contributed by atoms with Gasteiger partial charge in [0, 0.05) is 18.0 Å². The van der Waals surface area contributed by atoms with E-state index >= 15 is 0 Å². The highest BCUT2D eigenvalue weighted by Gasteiger charge is 2.29. The molecule has 0 aliphatic rings. The van der Waals surface area contributed by atoms with Gasteiger partial charge in [0.05, 0.1) is 11.2 Å². The van der Waals surface area contributed by atoms with Crippen LogP contribution in [0, 0.1) is 0 Å². The van der Waals surface area contributed by atoms with E-state index in [1.165, 1.54) is 6.20 Å². The van der Waals surface area contributed by atoms with E-state index in [2.05, 4.69) is 16.5 Å². The van der Waals surface area contributed by atoms with Crippen molar-refractivity contribution in [3.63, 3.8) is 0 Å². The Balaban J connectivity index is 3.24. The molecule has 0 saturated heterocycles. The molecule has 110 valence electrons. The maximum absolute atomic E-state index is 12.7. The molecule has 1 rings (SSSR count). The van der Waals surface area contributed by atoms with Crippen molar-refractivity contribution in [3.05, 3.63) is 35.4 Å². The summed E-state index contributed by atoms with van der Waals surface area (Å²) in [6.07, 6.45) is 3.19. The predicted molar refractivity (Wildman–Crippen MR) is 82.1 cm³/mol. The summed E-state index contributed by atoms with van der Waals surface area (Å²) in [5, 5.41) is 0.276. The van der Waals surface area contributed by atoms with Crippen molar-refractivity contribution in [1.82, 2.24) is 14.9 Å². The molecule has 0 bridgehead atoms. The van der Waals surface area contributed by atoms with Crippen LogP contribution >= 0.6 is 11.6 Å². The van der Waals surface area contributed by atoms with E-state index in [1.807, 2.05) is 34.6 Å². The van der Waals surface area contributed by atoms with Crippen LogP contribution in [0.2, 0.25) is 5.02 Å². The number of rotatable bonds is 4. The zero-order valence-corrected chi connectivity index (χ0v) is 13.5. The standard InChI is InChI=1S/C15H22ClN3O/c1-7-8-19(15(4,5)6)14(20)12-11(16)9-17-13(18-12)10(2)3/h7,9-10H,1,8H2,2-6H3. The molecule has 1 heterocycles. The van der Waals surface area contributed by atoms with Crippen LogP contribution in [-0.4, -0.2) is 32.9 Å². The van der Waals surface area contributed by atoms with Crippen molar-refractivity contribution in [3.8, 4) is 0 Å². The summed E-state index contributed by atoms with van der Waals surface area (Å²) in [5.41, 5.74) is -0.0838. The average molecular weight is 296 g/mol. The summed E-state index contributed by atoms with van der Waals surface area (Å²) in [7, 11) is 0. The molecule has 0 N–H and O–H groups in total. The summed E-state index contributed by atoms with van der Waals surface area (Å²) in [5.74, 6) is 0.554. The Hall–Kier alpha value is -1.42. The van der Waals surface area contributed by atoms with Gasteiger partial charge in [0.25, 0.3) is 5.91 Å². The molecule has 1 amide bonds. The SMILES string of the molecule is C=CCN(C(=O)c1nc(C(C)C)ncc1Cl)C(C)(C)C. The van der Waals surface area contributed by atoms with Crippen LogP contribution in [0.3, 0.4) is 0 Å². The zero-order valence-electron chi connectivity index (χ0n) is 12.8. The van der Waals surface area contributed by atoms with E-state index in [0.717, 1.165) is 0 Å². The number of hydrogen-bond donors (Lipinski definition) is 0. The molecule has 0 aliphatic heterocycles. The summed E-state index contributed by atoms with van der Waals surface area (Å²) in [6.45, 7) is 14.0. The van der Waals surface area contributed by atoms with Gasteiger partial charge in [0.15, 0.2) is 5.69 Å². The Kier molecular flexibility index (Phi) is 5.28. The third-order valence-electron chi connectivity index (χ3n) is 2.85. The predicted octanol–water partition coefficient (Wildman–Crippen LogP) is 3.68. The fourth-order valence-corrected chi connectivity index (χ4v) is 1.90. The topological polar surface area (TPSA) is 46.1 Å². The number of nitrogens with zero attached hydrogens (tertiary/aromatic N) is 3. The molecule has 5 heteroatoms. The van der Waals surface area contributed by atoms with E-state index in [4.69, 9.17) is 11.6 Å². The first kappa shape index (κ1) is 16.6. The quantitative estimate of drug-likeness (QED) is 0.796. The van der Waals surface area contributed by atoms with Crippen LogP contribution < -0.4 is 0 Å². The lowest BCUT2D eigenvalue weighted by molar-refractivity contribution is 0.0610. The van der Waals surface area contributed by atoms with Crippen LogP contribution in [0.5, 0.6) is 0 Å². The molecule has 1 aromatic heterocycles. The number of aromatic nitrogens is 2. The first-order chi connectivity index (χ1) is 9.18. The van der Waals surface area contributed by atoms with E-state index < -0.39 is 0 Å². The number of halogens is 1. The highest BCUT2D eigenvalue weighted by molar-refractivity contribution is 6.33. The van der Waals surface area contributed by atoms with Gasteiger partial charge >= 0.3 is 0 Å². The molecule has 0 atom stereocenters. The van der Waals surface area contributed by atoms with Gasteiger partial charge in [-0.1, -0.05) is 31.5 Å². The highest BCUT2D eigenvalue weighted by atomic mass is 35.5. The molecule has 0 aromatic carbocycles. The van der Waals surface area contributed by atoms with Crippen molar-refractivity contribution >= 4 is 17.5 Å². The van der Waals surface area contributed by atoms with Crippen molar-refractivity contribution in [2.75, 3.05) is 6.54 Å². The maximum atomic E-state index is 12.7. The third-order valence-corrected chi connectivity index (χ3v) is 3.12. The minimum Gasteiger partial charge on any atom is -0.329 e. The number of hydrogen-bond acceptors (Lipinski definition) is 3. The highest BCUT2D eigenvalue weighted by Crippen LogP contribution is 2.22. The van der Waals surface area contributed by atoms with Crippen molar-refractivity contribution in [1.29, 1.82) is 0 Å². The lowest BCUT2D eigenvalue weighted by Crippen LogP contribution is -2.46. The normalized spacial score (nSPS) is 11.6. The summed E-state index contributed by atoms with van der Waals surface area (Å²) < 4.78 is 0. The van der Waals surface area contributed by atoms with E-state index in [9.17, 15) is 4.79 Å². The van der Waals surface area contributed by atoms with Crippen LogP contribution in [0.1, 0.15) is 56.8 Å². The van der Waals surface area contributed by atoms with Gasteiger partial charge < -0.3 is 4.90 Å². The average Bonchev–Trinajstić information content (AvgIpc) is 2.34. The van der Waals surface area contributed by atoms with Crippen LogP contribution in [0.25, 0.3) is 0 Å². The number of carbonyl (C=O) groups is 1. The Morgan fingerprint density at radius 3 is 2.55 bits per heavy atom. The molecule has 20 heavy (non-hydrogen) atoms. The largest absolute Gasteiger partial charge is 0.329 e. The second-order valence-corrected chi connectivity index (χ2v) is 6.36. The molecule has 0 aliphatic carbocycles. The second-order valence-electron chi connectivity index (χ2n) is 5.95. The molecule has 1 aromatic rings. The van der Waals surface area contributed by atoms with Gasteiger partial charge in [-0.25, -0.2) is 9.97 Å². The fraction of sp³-hybridized carbons (Fsp3) is 0.533. The fourth-order valence-electron chi connectivity index (χ4n) is 1.73. The van der Waals surface area contributed by atoms with Crippen LogP contribution in [0.4, 0.5) is 0 Å². The van der Waals surface area contributed by atoms with Gasteiger partial charge in [-0.05, 0) is 20.8 Å². The lowest BCUT2D eigenvalue weighted by atomic mass is 10.1. The maximum Gasteiger partial charge on any atom is 0.274 e. The smallest absolute Gasteiger partial charge is 0.274 e. The van der Waals surface area contributed by atoms with Crippen LogP contribution in [0.15, 0.2) is 18.9 Å². The molecule has 4 nitrogen and oxygen atoms in total. The van der Waals surface area contributed by atoms with Gasteiger partial charge in [0.1, 0.15) is 5.82 Å². The molecule has 0 fully saturated rings. The van der Waals surface area contributed by atoms with Gasteiger partial charge in [-0.15, -0.1) is 6.58 Å². The van der Waals surface area contributed by atoms with Crippen LogP contribution in [-0.2, 0) is 0 Å². The van der Waals surface area contributed by atoms with E-state index in [1.54, 1.807) is 11.0 Å². The molecule has 0 radical (unpaired) electrons. The minimum absolute atomic E-state index is 0.140. The third kappa shape index (κ3) is 3.79. The molecule has 0 saturated carbocycles. The number of amides is 1. The van der Waals surface area contributed by atoms with E-state index in [-0.39, 0.29) is 28.1 Å². The number of carbonyl (C=O) groups excluding carboxylic acids is 1. The Labute approximate surface area is 125 Å². The lowest BCUT2D eigenvalue weighted by Gasteiger charge is -2.34. The first-order valence-corrected chi connectivity index (χ1v) is 7.01. The second kappa shape index (κ2) is 6.35. The zero-order chi connectivity index (χ0) is 15.5. The van der Waals surface area contributed by atoms with Gasteiger partial charge in [-0.2, -0.15) is 0 Å². The molecule has 0 unspecified atom stereocenters. The summed E-state index contributed by atoms with van der Waals surface area (Å²) in [6, 6.07) is 0. The molecular formula is C15H22ClN3O. The summed E-state index contributed by atoms with van der Waals surface area (Å²) >= 11 is 6.09. The van der Waals surface area contributed by atoms with Crippen molar-refractivity contribution in [2.45, 2.75) is 46.1 Å². The minimum atomic E-state index is -0.336. The first-order valence-electron chi connectivity index (χ1n) is 6.63. The van der Waals surface area contributed by atoms with Gasteiger partial charge in [-0.3, -0.25) is 4.79 Å². The molecule has 0 spiro atoms. The van der Waals surface area contributed by atoms with E-state index in [0.29, 0.717) is 12.4 Å². The summed E-state index contributed by atoms with van der Waals surface area (Å²) in [4.78, 5) is 22.8. The molecular weight excluding hydrogens is 274 g/mol.